The van der Waals surface area contributed by atoms with E-state index in [0.29, 0.717) is 0 Å². The van der Waals surface area contributed by atoms with Crippen LogP contribution in [0.1, 0.15) is 38.8 Å². The molecule has 0 amide bonds. The molecular formula is C12H21N3. The van der Waals surface area contributed by atoms with E-state index in [-0.39, 0.29) is 6.04 Å². The lowest BCUT2D eigenvalue weighted by atomic mass is 10.1. The van der Waals surface area contributed by atoms with E-state index < -0.39 is 0 Å². The first-order valence-corrected chi connectivity index (χ1v) is 5.65. The van der Waals surface area contributed by atoms with Crippen molar-refractivity contribution in [3.05, 3.63) is 23.9 Å². The normalized spacial score (nSPS) is 12.5. The van der Waals surface area contributed by atoms with Crippen LogP contribution < -0.4 is 10.6 Å². The minimum absolute atomic E-state index is 0.0760. The van der Waals surface area contributed by atoms with Crippen molar-refractivity contribution in [2.24, 2.45) is 5.73 Å². The molecule has 1 atom stereocenters. The molecule has 3 heteroatoms. The maximum absolute atomic E-state index is 5.85. The smallest absolute Gasteiger partial charge is 0.128 e. The van der Waals surface area contributed by atoms with Crippen molar-refractivity contribution in [3.63, 3.8) is 0 Å². The molecule has 1 aromatic heterocycles. The monoisotopic (exact) mass is 207 g/mol. The van der Waals surface area contributed by atoms with Crippen LogP contribution >= 0.6 is 0 Å². The molecule has 0 unspecified atom stereocenters. The zero-order chi connectivity index (χ0) is 11.3. The van der Waals surface area contributed by atoms with Crippen molar-refractivity contribution in [1.29, 1.82) is 0 Å². The molecule has 1 heterocycles. The summed E-state index contributed by atoms with van der Waals surface area (Å²) in [5.41, 5.74) is 7.00. The molecule has 15 heavy (non-hydrogen) atoms. The summed E-state index contributed by atoms with van der Waals surface area (Å²) in [5, 5.41) is 0. The summed E-state index contributed by atoms with van der Waals surface area (Å²) in [7, 11) is 0. The average Bonchev–Trinajstić information content (AvgIpc) is 2.26. The molecule has 3 nitrogen and oxygen atoms in total. The van der Waals surface area contributed by atoms with Crippen LogP contribution in [0.15, 0.2) is 18.3 Å². The van der Waals surface area contributed by atoms with Crippen LogP contribution in [0.25, 0.3) is 0 Å². The Kier molecular flexibility index (Phi) is 4.56. The molecule has 0 spiro atoms. The lowest BCUT2D eigenvalue weighted by Gasteiger charge is -2.22. The third-order valence-corrected chi connectivity index (χ3v) is 2.49. The Labute approximate surface area is 92.3 Å². The molecule has 0 aliphatic heterocycles. The second-order valence-corrected chi connectivity index (χ2v) is 3.82. The van der Waals surface area contributed by atoms with Crippen molar-refractivity contribution in [1.82, 2.24) is 4.98 Å². The first-order valence-electron chi connectivity index (χ1n) is 5.65. The molecule has 0 saturated heterocycles. The van der Waals surface area contributed by atoms with Crippen LogP contribution in [0.3, 0.4) is 0 Å². The number of nitrogens with two attached hydrogens (primary N) is 1. The van der Waals surface area contributed by atoms with Gasteiger partial charge in [-0.05, 0) is 38.0 Å². The van der Waals surface area contributed by atoms with E-state index in [1.165, 1.54) is 0 Å². The van der Waals surface area contributed by atoms with Gasteiger partial charge in [0.25, 0.3) is 0 Å². The van der Waals surface area contributed by atoms with Crippen molar-refractivity contribution >= 4 is 5.82 Å². The highest BCUT2D eigenvalue weighted by Crippen LogP contribution is 2.16. The predicted octanol–water partition coefficient (Wildman–Crippen LogP) is 2.34. The van der Waals surface area contributed by atoms with Crippen LogP contribution in [0.4, 0.5) is 5.82 Å². The molecule has 0 radical (unpaired) electrons. The fourth-order valence-corrected chi connectivity index (χ4v) is 1.59. The summed E-state index contributed by atoms with van der Waals surface area (Å²) >= 11 is 0. The molecule has 0 fully saturated rings. The number of aromatic nitrogens is 1. The van der Waals surface area contributed by atoms with Crippen LogP contribution in [0, 0.1) is 0 Å². The maximum Gasteiger partial charge on any atom is 0.128 e. The Morgan fingerprint density at radius 2 is 2.20 bits per heavy atom. The number of rotatable bonds is 5. The van der Waals surface area contributed by atoms with Gasteiger partial charge in [0, 0.05) is 25.3 Å². The first-order chi connectivity index (χ1) is 7.19. The Bertz CT molecular complexity index is 297. The number of anilines is 1. The highest BCUT2D eigenvalue weighted by atomic mass is 15.2. The van der Waals surface area contributed by atoms with Gasteiger partial charge in [0.05, 0.1) is 0 Å². The molecule has 0 aliphatic rings. The lowest BCUT2D eigenvalue weighted by molar-refractivity contribution is 0.769. The van der Waals surface area contributed by atoms with E-state index in [4.69, 9.17) is 5.73 Å². The summed E-state index contributed by atoms with van der Waals surface area (Å²) in [6, 6.07) is 4.14. The molecule has 84 valence electrons. The van der Waals surface area contributed by atoms with Gasteiger partial charge in [-0.15, -0.1) is 0 Å². The van der Waals surface area contributed by atoms with Crippen molar-refractivity contribution in [3.8, 4) is 0 Å². The van der Waals surface area contributed by atoms with Crippen LogP contribution in [-0.4, -0.2) is 18.1 Å². The van der Waals surface area contributed by atoms with Crippen molar-refractivity contribution in [2.45, 2.75) is 33.2 Å². The Hall–Kier alpha value is -1.09. The second-order valence-electron chi connectivity index (χ2n) is 3.82. The molecule has 0 aromatic carbocycles. The molecule has 2 N–H and O–H groups in total. The van der Waals surface area contributed by atoms with Gasteiger partial charge in [-0.2, -0.15) is 0 Å². The lowest BCUT2D eigenvalue weighted by Crippen LogP contribution is -2.24. The topological polar surface area (TPSA) is 42.1 Å². The Morgan fingerprint density at radius 3 is 2.73 bits per heavy atom. The minimum Gasteiger partial charge on any atom is -0.357 e. The van der Waals surface area contributed by atoms with E-state index >= 15 is 0 Å². The van der Waals surface area contributed by atoms with Gasteiger partial charge < -0.3 is 10.6 Å². The summed E-state index contributed by atoms with van der Waals surface area (Å²) in [6.45, 7) is 8.36. The van der Waals surface area contributed by atoms with Crippen LogP contribution in [0.5, 0.6) is 0 Å². The van der Waals surface area contributed by atoms with Gasteiger partial charge in [0.1, 0.15) is 5.82 Å². The van der Waals surface area contributed by atoms with E-state index in [0.717, 1.165) is 30.9 Å². The summed E-state index contributed by atoms with van der Waals surface area (Å²) in [5.74, 6) is 1.04. The predicted molar refractivity (Wildman–Crippen MR) is 65.0 cm³/mol. The zero-order valence-corrected chi connectivity index (χ0v) is 9.90. The molecule has 1 rings (SSSR count). The highest BCUT2D eigenvalue weighted by molar-refractivity contribution is 5.41. The van der Waals surface area contributed by atoms with Gasteiger partial charge >= 0.3 is 0 Å². The summed E-state index contributed by atoms with van der Waals surface area (Å²) < 4.78 is 0. The van der Waals surface area contributed by atoms with E-state index in [1.807, 2.05) is 19.2 Å². The van der Waals surface area contributed by atoms with Crippen LogP contribution in [0.2, 0.25) is 0 Å². The molecular weight excluding hydrogens is 186 g/mol. The Balaban J connectivity index is 2.87. The minimum atomic E-state index is 0.0760. The van der Waals surface area contributed by atoms with E-state index in [9.17, 15) is 0 Å². The molecule has 0 bridgehead atoms. The third kappa shape index (κ3) is 3.20. The third-order valence-electron chi connectivity index (χ3n) is 2.49. The maximum atomic E-state index is 5.85. The standard InChI is InChI=1S/C12H21N3/c1-4-8-15(5-2)12-9-11(10(3)13)6-7-14-12/h6-7,9-10H,4-5,8,13H2,1-3H3/t10-/m0/s1. The summed E-state index contributed by atoms with van der Waals surface area (Å²) in [6.07, 6.45) is 2.98. The first kappa shape index (κ1) is 12.0. The van der Waals surface area contributed by atoms with Gasteiger partial charge in [0.2, 0.25) is 0 Å². The van der Waals surface area contributed by atoms with Gasteiger partial charge in [-0.3, -0.25) is 0 Å². The number of pyridine rings is 1. The molecule has 0 aliphatic carbocycles. The quantitative estimate of drug-likeness (QED) is 0.805. The van der Waals surface area contributed by atoms with E-state index in [1.54, 1.807) is 0 Å². The largest absolute Gasteiger partial charge is 0.357 e. The van der Waals surface area contributed by atoms with E-state index in [2.05, 4.69) is 29.8 Å². The van der Waals surface area contributed by atoms with Crippen molar-refractivity contribution in [2.75, 3.05) is 18.0 Å². The van der Waals surface area contributed by atoms with Crippen LogP contribution in [-0.2, 0) is 0 Å². The molecule has 1 aromatic rings. The number of hydrogen-bond donors (Lipinski definition) is 1. The summed E-state index contributed by atoms with van der Waals surface area (Å²) in [4.78, 5) is 6.65. The average molecular weight is 207 g/mol. The Morgan fingerprint density at radius 1 is 1.47 bits per heavy atom. The second kappa shape index (κ2) is 5.71. The number of hydrogen-bond acceptors (Lipinski definition) is 3. The number of nitrogens with zero attached hydrogens (tertiary/aromatic N) is 2. The van der Waals surface area contributed by atoms with Gasteiger partial charge in [-0.25, -0.2) is 4.98 Å². The van der Waals surface area contributed by atoms with Gasteiger partial charge in [-0.1, -0.05) is 6.92 Å². The van der Waals surface area contributed by atoms with Gasteiger partial charge in [0.15, 0.2) is 0 Å². The molecule has 0 saturated carbocycles. The fraction of sp³-hybridized carbons (Fsp3) is 0.583. The fourth-order valence-electron chi connectivity index (χ4n) is 1.59. The zero-order valence-electron chi connectivity index (χ0n) is 9.90. The SMILES string of the molecule is CCCN(CC)c1cc([C@H](C)N)ccn1. The highest BCUT2D eigenvalue weighted by Gasteiger charge is 2.06. The van der Waals surface area contributed by atoms with Crippen molar-refractivity contribution < 1.29 is 0 Å².